The van der Waals surface area contributed by atoms with Crippen LogP contribution in [-0.4, -0.2) is 36.1 Å². The molecular weight excluding hydrogens is 360 g/mol. The summed E-state index contributed by atoms with van der Waals surface area (Å²) >= 11 is 1.57. The first-order valence-electron chi connectivity index (χ1n) is 9.32. The predicted molar refractivity (Wildman–Crippen MR) is 109 cm³/mol. The van der Waals surface area contributed by atoms with Crippen molar-refractivity contribution < 1.29 is 14.3 Å². The minimum absolute atomic E-state index is 0.0294. The number of ether oxygens (including phenoxy) is 2. The molecule has 0 atom stereocenters. The molecule has 27 heavy (non-hydrogen) atoms. The standard InChI is InChI=1S/C21H30N2O3S/c1-15(2)21(24)23(10-7-11-25-5)12-18-14-27-20(22-18)13-26-19-9-6-8-16(3)17(19)4/h6,8-9,14-15H,7,10-13H2,1-5H3. The first-order chi connectivity index (χ1) is 12.9. The third kappa shape index (κ3) is 6.33. The normalized spacial score (nSPS) is 11.0. The summed E-state index contributed by atoms with van der Waals surface area (Å²) in [5, 5.41) is 2.93. The van der Waals surface area contributed by atoms with Crippen molar-refractivity contribution in [3.05, 3.63) is 45.4 Å². The Morgan fingerprint density at radius 1 is 1.30 bits per heavy atom. The van der Waals surface area contributed by atoms with E-state index in [9.17, 15) is 4.79 Å². The van der Waals surface area contributed by atoms with Gasteiger partial charge in [-0.1, -0.05) is 26.0 Å². The third-order valence-electron chi connectivity index (χ3n) is 4.44. The lowest BCUT2D eigenvalue weighted by Crippen LogP contribution is -2.35. The topological polar surface area (TPSA) is 51.7 Å². The number of hydrogen-bond donors (Lipinski definition) is 0. The molecule has 2 aromatic rings. The number of carbonyl (C=O) groups excluding carboxylic acids is 1. The van der Waals surface area contributed by atoms with Crippen molar-refractivity contribution in [3.63, 3.8) is 0 Å². The Kier molecular flexibility index (Phi) is 8.25. The van der Waals surface area contributed by atoms with Gasteiger partial charge in [0.25, 0.3) is 0 Å². The summed E-state index contributed by atoms with van der Waals surface area (Å²) < 4.78 is 11.0. The Hall–Kier alpha value is -1.92. The van der Waals surface area contributed by atoms with E-state index in [1.807, 2.05) is 36.3 Å². The van der Waals surface area contributed by atoms with Gasteiger partial charge in [-0.05, 0) is 37.5 Å². The maximum atomic E-state index is 12.5. The highest BCUT2D eigenvalue weighted by atomic mass is 32.1. The molecule has 0 bridgehead atoms. The summed E-state index contributed by atoms with van der Waals surface area (Å²) in [6, 6.07) is 6.06. The van der Waals surface area contributed by atoms with Crippen LogP contribution in [0.5, 0.6) is 5.75 Å². The zero-order chi connectivity index (χ0) is 19.8. The average Bonchev–Trinajstić information content (AvgIpc) is 3.09. The SMILES string of the molecule is COCCCN(Cc1csc(COc2cccc(C)c2C)n1)C(=O)C(C)C. The summed E-state index contributed by atoms with van der Waals surface area (Å²) in [6.07, 6.45) is 0.821. The largest absolute Gasteiger partial charge is 0.486 e. The summed E-state index contributed by atoms with van der Waals surface area (Å²) in [4.78, 5) is 19.0. The Morgan fingerprint density at radius 2 is 2.07 bits per heavy atom. The molecule has 0 saturated heterocycles. The molecule has 5 nitrogen and oxygen atoms in total. The highest BCUT2D eigenvalue weighted by Crippen LogP contribution is 2.22. The molecule has 6 heteroatoms. The van der Waals surface area contributed by atoms with Gasteiger partial charge in [0.05, 0.1) is 12.2 Å². The highest BCUT2D eigenvalue weighted by molar-refractivity contribution is 7.09. The zero-order valence-corrected chi connectivity index (χ0v) is 17.8. The van der Waals surface area contributed by atoms with E-state index in [0.29, 0.717) is 26.3 Å². The first kappa shape index (κ1) is 21.4. The fourth-order valence-corrected chi connectivity index (χ4v) is 3.43. The van der Waals surface area contributed by atoms with Crippen LogP contribution in [0.3, 0.4) is 0 Å². The van der Waals surface area contributed by atoms with E-state index in [1.165, 1.54) is 5.56 Å². The van der Waals surface area contributed by atoms with Crippen LogP contribution in [0, 0.1) is 19.8 Å². The molecule has 0 unspecified atom stereocenters. The predicted octanol–water partition coefficient (Wildman–Crippen LogP) is 4.36. The lowest BCUT2D eigenvalue weighted by atomic mass is 10.1. The molecule has 0 aliphatic heterocycles. The molecule has 1 heterocycles. The maximum Gasteiger partial charge on any atom is 0.225 e. The Balaban J connectivity index is 1.97. The Bertz CT molecular complexity index is 743. The van der Waals surface area contributed by atoms with Crippen LogP contribution in [0.25, 0.3) is 0 Å². The minimum Gasteiger partial charge on any atom is -0.486 e. The van der Waals surface area contributed by atoms with Gasteiger partial charge < -0.3 is 14.4 Å². The fourth-order valence-electron chi connectivity index (χ4n) is 2.74. The van der Waals surface area contributed by atoms with Gasteiger partial charge in [0.1, 0.15) is 17.4 Å². The van der Waals surface area contributed by atoms with Crippen molar-refractivity contribution in [2.75, 3.05) is 20.3 Å². The van der Waals surface area contributed by atoms with Gasteiger partial charge in [0.15, 0.2) is 0 Å². The van der Waals surface area contributed by atoms with Gasteiger partial charge in [-0.15, -0.1) is 11.3 Å². The molecule has 0 N–H and O–H groups in total. The van der Waals surface area contributed by atoms with Gasteiger partial charge in [-0.2, -0.15) is 0 Å². The lowest BCUT2D eigenvalue weighted by molar-refractivity contribution is -0.135. The van der Waals surface area contributed by atoms with E-state index in [0.717, 1.165) is 28.4 Å². The van der Waals surface area contributed by atoms with Crippen molar-refractivity contribution in [3.8, 4) is 5.75 Å². The second-order valence-corrected chi connectivity index (χ2v) is 7.92. The van der Waals surface area contributed by atoms with Crippen LogP contribution in [0.15, 0.2) is 23.6 Å². The quantitative estimate of drug-likeness (QED) is 0.566. The van der Waals surface area contributed by atoms with Crippen LogP contribution in [0.2, 0.25) is 0 Å². The van der Waals surface area contributed by atoms with E-state index in [1.54, 1.807) is 18.4 Å². The van der Waals surface area contributed by atoms with Gasteiger partial charge in [0, 0.05) is 31.6 Å². The number of benzene rings is 1. The van der Waals surface area contributed by atoms with Crippen molar-refractivity contribution in [2.45, 2.75) is 47.3 Å². The smallest absolute Gasteiger partial charge is 0.225 e. The Labute approximate surface area is 166 Å². The molecule has 0 aliphatic rings. The van der Waals surface area contributed by atoms with Crippen molar-refractivity contribution in [1.29, 1.82) is 0 Å². The summed E-state index contributed by atoms with van der Waals surface area (Å²) in [5.41, 5.74) is 3.28. The molecule has 0 aliphatic carbocycles. The number of carbonyl (C=O) groups is 1. The number of nitrogens with zero attached hydrogens (tertiary/aromatic N) is 2. The first-order valence-corrected chi connectivity index (χ1v) is 10.2. The zero-order valence-electron chi connectivity index (χ0n) is 16.9. The monoisotopic (exact) mass is 390 g/mol. The molecule has 0 spiro atoms. The number of amides is 1. The number of rotatable bonds is 10. The summed E-state index contributed by atoms with van der Waals surface area (Å²) in [7, 11) is 1.68. The van der Waals surface area contributed by atoms with Gasteiger partial charge >= 0.3 is 0 Å². The van der Waals surface area contributed by atoms with Gasteiger partial charge in [0.2, 0.25) is 5.91 Å². The maximum absolute atomic E-state index is 12.5. The highest BCUT2D eigenvalue weighted by Gasteiger charge is 2.18. The van der Waals surface area contributed by atoms with E-state index in [4.69, 9.17) is 9.47 Å². The molecule has 0 fully saturated rings. The van der Waals surface area contributed by atoms with Crippen molar-refractivity contribution in [1.82, 2.24) is 9.88 Å². The van der Waals surface area contributed by atoms with Crippen LogP contribution in [-0.2, 0) is 22.7 Å². The third-order valence-corrected chi connectivity index (χ3v) is 5.31. The molecule has 2 rings (SSSR count). The van der Waals surface area contributed by atoms with Crippen LogP contribution < -0.4 is 4.74 Å². The molecule has 148 valence electrons. The van der Waals surface area contributed by atoms with Crippen LogP contribution in [0.1, 0.15) is 42.1 Å². The fraction of sp³-hybridized carbons (Fsp3) is 0.524. The number of methoxy groups -OCH3 is 1. The molecule has 0 radical (unpaired) electrons. The van der Waals surface area contributed by atoms with E-state index < -0.39 is 0 Å². The van der Waals surface area contributed by atoms with E-state index in [2.05, 4.69) is 24.9 Å². The summed E-state index contributed by atoms with van der Waals surface area (Å²) in [5.74, 6) is 1.01. The molecule has 1 aromatic heterocycles. The Morgan fingerprint density at radius 3 is 2.78 bits per heavy atom. The van der Waals surface area contributed by atoms with Gasteiger partial charge in [-0.3, -0.25) is 4.79 Å². The molecule has 1 amide bonds. The van der Waals surface area contributed by atoms with Crippen molar-refractivity contribution in [2.24, 2.45) is 5.92 Å². The van der Waals surface area contributed by atoms with Crippen LogP contribution in [0.4, 0.5) is 0 Å². The summed E-state index contributed by atoms with van der Waals surface area (Å²) in [6.45, 7) is 10.3. The number of thiazole rings is 1. The van der Waals surface area contributed by atoms with Crippen molar-refractivity contribution >= 4 is 17.2 Å². The lowest BCUT2D eigenvalue weighted by Gasteiger charge is -2.23. The van der Waals surface area contributed by atoms with E-state index >= 15 is 0 Å². The number of aryl methyl sites for hydroxylation is 1. The second kappa shape index (κ2) is 10.4. The van der Waals surface area contributed by atoms with Crippen LogP contribution >= 0.6 is 11.3 Å². The number of aromatic nitrogens is 1. The van der Waals surface area contributed by atoms with Gasteiger partial charge in [-0.25, -0.2) is 4.98 Å². The van der Waals surface area contributed by atoms with E-state index in [-0.39, 0.29) is 11.8 Å². The molecular formula is C21H30N2O3S. The average molecular weight is 391 g/mol. The molecule has 0 saturated carbocycles. The number of hydrogen-bond acceptors (Lipinski definition) is 5. The second-order valence-electron chi connectivity index (χ2n) is 6.98. The minimum atomic E-state index is -0.0294. The molecule has 1 aromatic carbocycles.